The molecule has 1 heterocycles. The second-order valence-corrected chi connectivity index (χ2v) is 7.80. The largest absolute Gasteiger partial charge is 0.507 e. The van der Waals surface area contributed by atoms with Crippen LogP contribution < -0.4 is 0 Å². The summed E-state index contributed by atoms with van der Waals surface area (Å²) in [7, 11) is 0. The van der Waals surface area contributed by atoms with Crippen LogP contribution in [-0.2, 0) is 9.59 Å². The molecule has 0 radical (unpaired) electrons. The third-order valence-corrected chi connectivity index (χ3v) is 5.77. The Labute approximate surface area is 178 Å². The van der Waals surface area contributed by atoms with E-state index in [9.17, 15) is 14.7 Å². The van der Waals surface area contributed by atoms with E-state index in [0.717, 1.165) is 29.8 Å². The number of aryl methyl sites for hydroxylation is 2. The van der Waals surface area contributed by atoms with Crippen LogP contribution in [0.1, 0.15) is 42.1 Å². The zero-order valence-electron chi connectivity index (χ0n) is 18.2. The van der Waals surface area contributed by atoms with Gasteiger partial charge in [-0.2, -0.15) is 0 Å². The van der Waals surface area contributed by atoms with Crippen LogP contribution >= 0.6 is 0 Å². The lowest BCUT2D eigenvalue weighted by molar-refractivity contribution is -0.140. The van der Waals surface area contributed by atoms with Gasteiger partial charge in [-0.05, 0) is 32.5 Å². The fourth-order valence-electron chi connectivity index (χ4n) is 3.95. The van der Waals surface area contributed by atoms with Crippen molar-refractivity contribution in [1.29, 1.82) is 0 Å². The second-order valence-electron chi connectivity index (χ2n) is 7.80. The highest BCUT2D eigenvalue weighted by Gasteiger charge is 2.45. The highest BCUT2D eigenvalue weighted by Crippen LogP contribution is 2.39. The summed E-state index contributed by atoms with van der Waals surface area (Å²) in [6, 6.07) is 14.5. The molecule has 0 aliphatic carbocycles. The molecular weight excluding hydrogens is 376 g/mol. The van der Waals surface area contributed by atoms with Crippen molar-refractivity contribution in [2.24, 2.45) is 0 Å². The summed E-state index contributed by atoms with van der Waals surface area (Å²) in [5.41, 5.74) is 3.63. The highest BCUT2D eigenvalue weighted by molar-refractivity contribution is 6.46. The van der Waals surface area contributed by atoms with Crippen LogP contribution in [0.3, 0.4) is 0 Å². The molecule has 0 spiro atoms. The SMILES string of the molecule is CCN(CC)CCN1C(=O)C(=O)/C(=C(\O)c2ccc(C)cc2)C1c1cccc(C)c1. The number of amides is 1. The second kappa shape index (κ2) is 9.26. The summed E-state index contributed by atoms with van der Waals surface area (Å²) in [4.78, 5) is 29.8. The lowest BCUT2D eigenvalue weighted by atomic mass is 9.94. The van der Waals surface area contributed by atoms with Crippen LogP contribution in [-0.4, -0.2) is 52.8 Å². The number of carbonyl (C=O) groups is 2. The highest BCUT2D eigenvalue weighted by atomic mass is 16.3. The minimum absolute atomic E-state index is 0.120. The first-order chi connectivity index (χ1) is 14.4. The smallest absolute Gasteiger partial charge is 0.295 e. The number of rotatable bonds is 7. The first-order valence-corrected chi connectivity index (χ1v) is 10.5. The number of carbonyl (C=O) groups excluding carboxylic acids is 2. The number of benzene rings is 2. The van der Waals surface area contributed by atoms with Gasteiger partial charge in [0.15, 0.2) is 0 Å². The van der Waals surface area contributed by atoms with Crippen molar-refractivity contribution in [3.63, 3.8) is 0 Å². The minimum atomic E-state index is -0.626. The molecule has 1 amide bonds. The van der Waals surface area contributed by atoms with Crippen LogP contribution in [0, 0.1) is 13.8 Å². The third kappa shape index (κ3) is 4.31. The van der Waals surface area contributed by atoms with E-state index in [2.05, 4.69) is 18.7 Å². The Bertz CT molecular complexity index is 959. The fourth-order valence-corrected chi connectivity index (χ4v) is 3.95. The lowest BCUT2D eigenvalue weighted by Crippen LogP contribution is -2.38. The molecule has 0 aromatic heterocycles. The standard InChI is InChI=1S/C25H30N2O3/c1-5-26(6-2)14-15-27-22(20-9-7-8-18(4)16-20)21(24(29)25(27)30)23(28)19-12-10-17(3)11-13-19/h7-13,16,22,28H,5-6,14-15H2,1-4H3/b23-21-. The van der Waals surface area contributed by atoms with Gasteiger partial charge in [0, 0.05) is 18.7 Å². The van der Waals surface area contributed by atoms with Crippen LogP contribution in [0.25, 0.3) is 5.76 Å². The van der Waals surface area contributed by atoms with Crippen molar-refractivity contribution < 1.29 is 14.7 Å². The van der Waals surface area contributed by atoms with Gasteiger partial charge in [0.1, 0.15) is 5.76 Å². The molecule has 3 rings (SSSR count). The first kappa shape index (κ1) is 21.8. The average Bonchev–Trinajstić information content (AvgIpc) is 2.99. The molecule has 1 aliphatic rings. The molecule has 30 heavy (non-hydrogen) atoms. The van der Waals surface area contributed by atoms with Crippen molar-refractivity contribution >= 4 is 17.4 Å². The van der Waals surface area contributed by atoms with Crippen molar-refractivity contribution in [1.82, 2.24) is 9.80 Å². The molecular formula is C25H30N2O3. The van der Waals surface area contributed by atoms with Crippen LogP contribution in [0.5, 0.6) is 0 Å². The summed E-state index contributed by atoms with van der Waals surface area (Å²) in [5.74, 6) is -1.30. The predicted molar refractivity (Wildman–Crippen MR) is 119 cm³/mol. The number of aliphatic hydroxyl groups excluding tert-OH is 1. The number of hydrogen-bond donors (Lipinski definition) is 1. The van der Waals surface area contributed by atoms with E-state index in [1.165, 1.54) is 0 Å². The number of likely N-dealkylation sites (tertiary alicyclic amines) is 1. The number of likely N-dealkylation sites (N-methyl/N-ethyl adjacent to an activating group) is 1. The number of Topliss-reactive ketones (excluding diaryl/α,β-unsaturated/α-hetero) is 1. The summed E-state index contributed by atoms with van der Waals surface area (Å²) in [5, 5.41) is 11.1. The summed E-state index contributed by atoms with van der Waals surface area (Å²) < 4.78 is 0. The molecule has 5 heteroatoms. The zero-order valence-corrected chi connectivity index (χ0v) is 18.2. The van der Waals surface area contributed by atoms with Crippen LogP contribution in [0.15, 0.2) is 54.1 Å². The molecule has 1 fully saturated rings. The van der Waals surface area contributed by atoms with Crippen molar-refractivity contribution in [3.05, 3.63) is 76.4 Å². The van der Waals surface area contributed by atoms with Gasteiger partial charge in [-0.3, -0.25) is 9.59 Å². The van der Waals surface area contributed by atoms with Gasteiger partial charge in [0.2, 0.25) is 0 Å². The van der Waals surface area contributed by atoms with Crippen LogP contribution in [0.4, 0.5) is 0 Å². The Hall–Kier alpha value is -2.92. The predicted octanol–water partition coefficient (Wildman–Crippen LogP) is 4.07. The summed E-state index contributed by atoms with van der Waals surface area (Å²) in [6.45, 7) is 10.9. The maximum atomic E-state index is 13.0. The third-order valence-electron chi connectivity index (χ3n) is 5.77. The molecule has 2 aromatic carbocycles. The van der Waals surface area contributed by atoms with Gasteiger partial charge in [0.25, 0.3) is 11.7 Å². The Kier molecular flexibility index (Phi) is 6.73. The van der Waals surface area contributed by atoms with Gasteiger partial charge in [-0.15, -0.1) is 0 Å². The van der Waals surface area contributed by atoms with E-state index in [1.807, 2.05) is 50.2 Å². The normalized spacial score (nSPS) is 18.4. The molecule has 1 N–H and O–H groups in total. The Morgan fingerprint density at radius 1 is 1.00 bits per heavy atom. The quantitative estimate of drug-likeness (QED) is 0.428. The van der Waals surface area contributed by atoms with E-state index in [0.29, 0.717) is 18.7 Å². The van der Waals surface area contributed by atoms with Gasteiger partial charge < -0.3 is 14.9 Å². The Morgan fingerprint density at radius 2 is 1.67 bits per heavy atom. The maximum absolute atomic E-state index is 13.0. The number of nitrogens with zero attached hydrogens (tertiary/aromatic N) is 2. The topological polar surface area (TPSA) is 60.9 Å². The summed E-state index contributed by atoms with van der Waals surface area (Å²) in [6.07, 6.45) is 0. The minimum Gasteiger partial charge on any atom is -0.507 e. The lowest BCUT2D eigenvalue weighted by Gasteiger charge is -2.28. The van der Waals surface area contributed by atoms with Gasteiger partial charge in [-0.25, -0.2) is 0 Å². The molecule has 2 aromatic rings. The Balaban J connectivity index is 2.09. The van der Waals surface area contributed by atoms with Gasteiger partial charge in [0.05, 0.1) is 11.6 Å². The van der Waals surface area contributed by atoms with Crippen molar-refractivity contribution in [2.45, 2.75) is 33.7 Å². The van der Waals surface area contributed by atoms with E-state index in [-0.39, 0.29) is 11.3 Å². The van der Waals surface area contributed by atoms with E-state index in [1.54, 1.807) is 17.0 Å². The van der Waals surface area contributed by atoms with Gasteiger partial charge in [-0.1, -0.05) is 73.5 Å². The number of ketones is 1. The zero-order chi connectivity index (χ0) is 21.8. The molecule has 5 nitrogen and oxygen atoms in total. The van der Waals surface area contributed by atoms with E-state index < -0.39 is 17.7 Å². The molecule has 1 aliphatic heterocycles. The van der Waals surface area contributed by atoms with Crippen LogP contribution in [0.2, 0.25) is 0 Å². The molecule has 0 saturated carbocycles. The molecule has 158 valence electrons. The number of hydrogen-bond acceptors (Lipinski definition) is 4. The molecule has 1 unspecified atom stereocenters. The number of aliphatic hydroxyl groups is 1. The molecule has 1 atom stereocenters. The first-order valence-electron chi connectivity index (χ1n) is 10.5. The van der Waals surface area contributed by atoms with E-state index >= 15 is 0 Å². The molecule has 1 saturated heterocycles. The van der Waals surface area contributed by atoms with Gasteiger partial charge >= 0.3 is 0 Å². The van der Waals surface area contributed by atoms with Crippen molar-refractivity contribution in [3.8, 4) is 0 Å². The maximum Gasteiger partial charge on any atom is 0.295 e. The summed E-state index contributed by atoms with van der Waals surface area (Å²) >= 11 is 0. The monoisotopic (exact) mass is 406 g/mol. The Morgan fingerprint density at radius 3 is 2.27 bits per heavy atom. The van der Waals surface area contributed by atoms with Crippen molar-refractivity contribution in [2.75, 3.05) is 26.2 Å². The molecule has 0 bridgehead atoms. The average molecular weight is 407 g/mol. The fraction of sp³-hybridized carbons (Fsp3) is 0.360. The van der Waals surface area contributed by atoms with E-state index in [4.69, 9.17) is 0 Å².